The van der Waals surface area contributed by atoms with Gasteiger partial charge in [0.2, 0.25) is 0 Å². The van der Waals surface area contributed by atoms with Gasteiger partial charge in [0.05, 0.1) is 19.7 Å². The summed E-state index contributed by atoms with van der Waals surface area (Å²) in [7, 11) is 3.34. The molecule has 4 nitrogen and oxygen atoms in total. The lowest BCUT2D eigenvalue weighted by molar-refractivity contribution is 0.394. The highest BCUT2D eigenvalue weighted by Gasteiger charge is 2.13. The standard InChI is InChI=1S/C22H24N2O2/c1-25-19-13-18(14-20(15-19)26-2)16-6-8-21-17(12-16)7-9-22(23-21)24-10-4-3-5-11-24/h6-9,12-15H,3-5,10-11H2,1-2H3. The molecule has 0 atom stereocenters. The van der Waals surface area contributed by atoms with E-state index in [0.717, 1.165) is 52.4 Å². The van der Waals surface area contributed by atoms with Crippen LogP contribution in [-0.4, -0.2) is 32.3 Å². The SMILES string of the molecule is COc1cc(OC)cc(-c2ccc3nc(N4CCCCC4)ccc3c2)c1. The van der Waals surface area contributed by atoms with E-state index in [2.05, 4.69) is 35.2 Å². The Morgan fingerprint density at radius 2 is 1.50 bits per heavy atom. The molecule has 2 aromatic carbocycles. The average molecular weight is 348 g/mol. The van der Waals surface area contributed by atoms with Crippen molar-refractivity contribution in [3.63, 3.8) is 0 Å². The maximum absolute atomic E-state index is 5.39. The molecule has 0 amide bonds. The maximum atomic E-state index is 5.39. The summed E-state index contributed by atoms with van der Waals surface area (Å²) in [4.78, 5) is 7.27. The molecule has 1 aliphatic rings. The maximum Gasteiger partial charge on any atom is 0.129 e. The van der Waals surface area contributed by atoms with Gasteiger partial charge in [0.1, 0.15) is 17.3 Å². The van der Waals surface area contributed by atoms with Gasteiger partial charge in [0.25, 0.3) is 0 Å². The molecule has 4 heteroatoms. The zero-order valence-corrected chi connectivity index (χ0v) is 15.4. The lowest BCUT2D eigenvalue weighted by Crippen LogP contribution is -2.30. The first kappa shape index (κ1) is 16.7. The van der Waals surface area contributed by atoms with Crippen LogP contribution in [0.4, 0.5) is 5.82 Å². The van der Waals surface area contributed by atoms with Crippen LogP contribution in [-0.2, 0) is 0 Å². The fraction of sp³-hybridized carbons (Fsp3) is 0.318. The van der Waals surface area contributed by atoms with Crippen molar-refractivity contribution < 1.29 is 9.47 Å². The third-order valence-electron chi connectivity index (χ3n) is 5.04. The Morgan fingerprint density at radius 3 is 2.19 bits per heavy atom. The highest BCUT2D eigenvalue weighted by Crippen LogP contribution is 2.32. The van der Waals surface area contributed by atoms with E-state index >= 15 is 0 Å². The van der Waals surface area contributed by atoms with E-state index in [1.165, 1.54) is 19.3 Å². The molecule has 1 fully saturated rings. The largest absolute Gasteiger partial charge is 0.497 e. The third-order valence-corrected chi connectivity index (χ3v) is 5.04. The molecule has 1 aromatic heterocycles. The van der Waals surface area contributed by atoms with Gasteiger partial charge >= 0.3 is 0 Å². The fourth-order valence-corrected chi connectivity index (χ4v) is 3.57. The minimum atomic E-state index is 0.790. The molecular weight excluding hydrogens is 324 g/mol. The summed E-state index contributed by atoms with van der Waals surface area (Å²) >= 11 is 0. The second kappa shape index (κ2) is 7.24. The molecule has 0 aliphatic carbocycles. The predicted octanol–water partition coefficient (Wildman–Crippen LogP) is 4.91. The van der Waals surface area contributed by atoms with Crippen LogP contribution in [0.3, 0.4) is 0 Å². The van der Waals surface area contributed by atoms with Crippen LogP contribution in [0.2, 0.25) is 0 Å². The van der Waals surface area contributed by atoms with E-state index < -0.39 is 0 Å². The van der Waals surface area contributed by atoms with Crippen LogP contribution in [0.5, 0.6) is 11.5 Å². The van der Waals surface area contributed by atoms with E-state index in [1.807, 2.05) is 18.2 Å². The normalized spacial score (nSPS) is 14.5. The number of piperidine rings is 1. The Balaban J connectivity index is 1.70. The molecule has 0 unspecified atom stereocenters. The number of pyridine rings is 1. The van der Waals surface area contributed by atoms with Gasteiger partial charge in [-0.05, 0) is 66.8 Å². The molecule has 0 saturated carbocycles. The van der Waals surface area contributed by atoms with Crippen LogP contribution in [0, 0.1) is 0 Å². The molecule has 0 bridgehead atoms. The van der Waals surface area contributed by atoms with Crippen molar-refractivity contribution in [3.8, 4) is 22.6 Å². The number of hydrogen-bond acceptors (Lipinski definition) is 4. The van der Waals surface area contributed by atoms with Gasteiger partial charge in [0.15, 0.2) is 0 Å². The molecule has 134 valence electrons. The topological polar surface area (TPSA) is 34.6 Å². The molecule has 26 heavy (non-hydrogen) atoms. The van der Waals surface area contributed by atoms with Gasteiger partial charge in [-0.1, -0.05) is 6.07 Å². The smallest absolute Gasteiger partial charge is 0.129 e. The molecule has 0 spiro atoms. The Morgan fingerprint density at radius 1 is 0.769 bits per heavy atom. The lowest BCUT2D eigenvalue weighted by atomic mass is 10.0. The first-order valence-electron chi connectivity index (χ1n) is 9.16. The van der Waals surface area contributed by atoms with Crippen molar-refractivity contribution in [3.05, 3.63) is 48.5 Å². The Labute approximate surface area is 154 Å². The average Bonchev–Trinajstić information content (AvgIpc) is 2.73. The summed E-state index contributed by atoms with van der Waals surface area (Å²) in [5, 5.41) is 1.14. The predicted molar refractivity (Wildman–Crippen MR) is 106 cm³/mol. The number of nitrogens with zero attached hydrogens (tertiary/aromatic N) is 2. The van der Waals surface area contributed by atoms with E-state index in [-0.39, 0.29) is 0 Å². The van der Waals surface area contributed by atoms with Crippen LogP contribution in [0.15, 0.2) is 48.5 Å². The molecule has 2 heterocycles. The van der Waals surface area contributed by atoms with Gasteiger partial charge in [-0.15, -0.1) is 0 Å². The second-order valence-corrected chi connectivity index (χ2v) is 6.73. The molecule has 3 aromatic rings. The minimum Gasteiger partial charge on any atom is -0.497 e. The van der Waals surface area contributed by atoms with Crippen LogP contribution < -0.4 is 14.4 Å². The summed E-state index contributed by atoms with van der Waals surface area (Å²) in [6, 6.07) is 16.6. The number of aromatic nitrogens is 1. The van der Waals surface area contributed by atoms with Crippen molar-refractivity contribution in [2.24, 2.45) is 0 Å². The minimum absolute atomic E-state index is 0.790. The molecule has 1 aliphatic heterocycles. The van der Waals surface area contributed by atoms with Crippen molar-refractivity contribution in [2.75, 3.05) is 32.2 Å². The summed E-state index contributed by atoms with van der Waals surface area (Å²) in [5.74, 6) is 2.67. The Kier molecular flexibility index (Phi) is 4.65. The van der Waals surface area contributed by atoms with Gasteiger partial charge in [0, 0.05) is 24.5 Å². The highest BCUT2D eigenvalue weighted by atomic mass is 16.5. The van der Waals surface area contributed by atoms with Crippen molar-refractivity contribution in [2.45, 2.75) is 19.3 Å². The van der Waals surface area contributed by atoms with Crippen LogP contribution >= 0.6 is 0 Å². The van der Waals surface area contributed by atoms with Crippen molar-refractivity contribution >= 4 is 16.7 Å². The van der Waals surface area contributed by atoms with Gasteiger partial charge < -0.3 is 14.4 Å². The first-order valence-corrected chi connectivity index (χ1v) is 9.16. The first-order chi connectivity index (χ1) is 12.8. The monoisotopic (exact) mass is 348 g/mol. The van der Waals surface area contributed by atoms with E-state index in [0.29, 0.717) is 0 Å². The number of methoxy groups -OCH3 is 2. The number of fused-ring (bicyclic) bond motifs is 1. The number of benzene rings is 2. The van der Waals surface area contributed by atoms with Gasteiger partial charge in [-0.2, -0.15) is 0 Å². The van der Waals surface area contributed by atoms with E-state index in [1.54, 1.807) is 14.2 Å². The van der Waals surface area contributed by atoms with Crippen LogP contribution in [0.25, 0.3) is 22.0 Å². The molecule has 1 saturated heterocycles. The molecule has 0 N–H and O–H groups in total. The van der Waals surface area contributed by atoms with Crippen LogP contribution in [0.1, 0.15) is 19.3 Å². The zero-order valence-electron chi connectivity index (χ0n) is 15.4. The fourth-order valence-electron chi connectivity index (χ4n) is 3.57. The van der Waals surface area contributed by atoms with Gasteiger partial charge in [-0.3, -0.25) is 0 Å². The molecule has 4 rings (SSSR count). The third kappa shape index (κ3) is 3.32. The quantitative estimate of drug-likeness (QED) is 0.671. The molecular formula is C22H24N2O2. The van der Waals surface area contributed by atoms with Gasteiger partial charge in [-0.25, -0.2) is 4.98 Å². The molecule has 0 radical (unpaired) electrons. The lowest BCUT2D eigenvalue weighted by Gasteiger charge is -2.27. The summed E-state index contributed by atoms with van der Waals surface area (Å²) in [5.41, 5.74) is 3.23. The number of hydrogen-bond donors (Lipinski definition) is 0. The number of anilines is 1. The highest BCUT2D eigenvalue weighted by molar-refractivity contribution is 5.86. The van der Waals surface area contributed by atoms with E-state index in [9.17, 15) is 0 Å². The van der Waals surface area contributed by atoms with E-state index in [4.69, 9.17) is 14.5 Å². The Hall–Kier alpha value is -2.75. The number of ether oxygens (including phenoxy) is 2. The Bertz CT molecular complexity index is 895. The summed E-state index contributed by atoms with van der Waals surface area (Å²) in [6.45, 7) is 2.22. The summed E-state index contributed by atoms with van der Waals surface area (Å²) in [6.07, 6.45) is 3.85. The zero-order chi connectivity index (χ0) is 17.9. The number of rotatable bonds is 4. The summed E-state index contributed by atoms with van der Waals surface area (Å²) < 4.78 is 10.8. The van der Waals surface area contributed by atoms with Crippen molar-refractivity contribution in [1.82, 2.24) is 4.98 Å². The second-order valence-electron chi connectivity index (χ2n) is 6.73. The van der Waals surface area contributed by atoms with Crippen molar-refractivity contribution in [1.29, 1.82) is 0 Å².